The van der Waals surface area contributed by atoms with Gasteiger partial charge in [-0.1, -0.05) is 70.8 Å². The topological polar surface area (TPSA) is 83.2 Å². The van der Waals surface area contributed by atoms with E-state index in [9.17, 15) is 4.79 Å². The number of carbonyl (C=O) groups excluding carboxylic acids is 1. The number of rotatable bonds is 15. The maximum atomic E-state index is 12.0. The highest BCUT2D eigenvalue weighted by Gasteiger charge is 2.34. The van der Waals surface area contributed by atoms with Crippen LogP contribution in [-0.4, -0.2) is 54.5 Å². The predicted molar refractivity (Wildman–Crippen MR) is 141 cm³/mol. The summed E-state index contributed by atoms with van der Waals surface area (Å²) in [6.07, 6.45) is 18.4. The summed E-state index contributed by atoms with van der Waals surface area (Å²) < 4.78 is 0. The number of aliphatic imine (C=N–C) groups is 1. The maximum absolute atomic E-state index is 12.0. The Labute approximate surface area is 206 Å². The first kappa shape index (κ1) is 27.9. The van der Waals surface area contributed by atoms with Crippen molar-refractivity contribution in [2.45, 2.75) is 84.2 Å². The highest BCUT2D eigenvalue weighted by molar-refractivity contribution is 6.11. The summed E-state index contributed by atoms with van der Waals surface area (Å²) in [5.74, 6) is 0.665. The maximum Gasteiger partial charge on any atom is 0.219 e. The number of amides is 1. The van der Waals surface area contributed by atoms with Crippen LogP contribution in [0.2, 0.25) is 0 Å². The largest absolute Gasteiger partial charge is 0.382 e. The molecule has 1 unspecified atom stereocenters. The van der Waals surface area contributed by atoms with Crippen molar-refractivity contribution >= 4 is 11.6 Å². The fraction of sp³-hybridized carbons (Fsp3) is 0.630. The lowest BCUT2D eigenvalue weighted by Gasteiger charge is -2.26. The van der Waals surface area contributed by atoms with Crippen LogP contribution >= 0.6 is 0 Å². The van der Waals surface area contributed by atoms with Crippen molar-refractivity contribution in [1.82, 2.24) is 15.3 Å². The van der Waals surface area contributed by atoms with Crippen LogP contribution in [0, 0.1) is 0 Å². The number of likely N-dealkylation sites (N-methyl/N-ethyl adjacent to an activating group) is 1. The van der Waals surface area contributed by atoms with Crippen LogP contribution in [0.1, 0.15) is 78.1 Å². The van der Waals surface area contributed by atoms with E-state index in [1.54, 1.807) is 0 Å². The highest BCUT2D eigenvalue weighted by Crippen LogP contribution is 2.26. The summed E-state index contributed by atoms with van der Waals surface area (Å²) in [6.45, 7) is 10.3. The van der Waals surface area contributed by atoms with E-state index in [4.69, 9.17) is 10.6 Å². The molecule has 0 radical (unpaired) electrons. The van der Waals surface area contributed by atoms with Crippen molar-refractivity contribution < 1.29 is 9.63 Å². The average Bonchev–Trinajstić information content (AvgIpc) is 3.15. The third kappa shape index (κ3) is 9.11. The Morgan fingerprint density at radius 1 is 1.15 bits per heavy atom. The monoisotopic (exact) mass is 471 g/mol. The van der Waals surface area contributed by atoms with Crippen LogP contribution in [0.5, 0.6) is 0 Å². The fourth-order valence-electron chi connectivity index (χ4n) is 4.21. The summed E-state index contributed by atoms with van der Waals surface area (Å²) in [6, 6.07) is 0. The number of allylic oxidation sites excluding steroid dienone is 5. The molecule has 0 aromatic carbocycles. The second kappa shape index (κ2) is 15.5. The van der Waals surface area contributed by atoms with Gasteiger partial charge in [0.1, 0.15) is 12.0 Å². The molecule has 0 aromatic heterocycles. The first-order chi connectivity index (χ1) is 16.5. The van der Waals surface area contributed by atoms with Gasteiger partial charge in [-0.05, 0) is 37.3 Å². The van der Waals surface area contributed by atoms with Crippen LogP contribution in [0.15, 0.2) is 53.0 Å². The summed E-state index contributed by atoms with van der Waals surface area (Å²) in [4.78, 5) is 24.8. The number of nitrogens with two attached hydrogens (primary N) is 1. The molecule has 1 saturated heterocycles. The standard InChI is InChI=1S/C27H45N5O2/c1-5-7-8-9-10-11-18-25(33)29-19-14-15-20-34-32-21-24(31(4)26(32)6-2)27(28)30-23-17-13-12-16-22(23)3/h12-13,16-17,26H,3,5-11,14-15,18-21,28H2,1-2,4H3,(H,29,33)/b27-24+,30-23?. The average molecular weight is 472 g/mol. The molecule has 0 saturated carbocycles. The first-order valence-corrected chi connectivity index (χ1v) is 13.0. The summed E-state index contributed by atoms with van der Waals surface area (Å²) in [5, 5.41) is 5.02. The minimum absolute atomic E-state index is 0.121. The minimum Gasteiger partial charge on any atom is -0.382 e. The van der Waals surface area contributed by atoms with Crippen molar-refractivity contribution in [2.75, 3.05) is 26.7 Å². The second-order valence-electron chi connectivity index (χ2n) is 9.06. The molecule has 1 aliphatic carbocycles. The minimum atomic E-state index is 0.121. The Morgan fingerprint density at radius 2 is 1.88 bits per heavy atom. The lowest BCUT2D eigenvalue weighted by Crippen LogP contribution is -2.36. The molecule has 1 heterocycles. The fourth-order valence-corrected chi connectivity index (χ4v) is 4.21. The number of unbranched alkanes of at least 4 members (excludes halogenated alkanes) is 6. The van der Waals surface area contributed by atoms with Gasteiger partial charge in [0.15, 0.2) is 0 Å². The third-order valence-corrected chi connectivity index (χ3v) is 6.31. The molecule has 1 atom stereocenters. The lowest BCUT2D eigenvalue weighted by molar-refractivity contribution is -0.183. The molecule has 34 heavy (non-hydrogen) atoms. The van der Waals surface area contributed by atoms with E-state index in [1.165, 1.54) is 25.7 Å². The van der Waals surface area contributed by atoms with E-state index in [-0.39, 0.29) is 12.1 Å². The van der Waals surface area contributed by atoms with E-state index in [0.29, 0.717) is 31.9 Å². The van der Waals surface area contributed by atoms with E-state index in [2.05, 4.69) is 35.6 Å². The smallest absolute Gasteiger partial charge is 0.219 e. The molecule has 0 spiro atoms. The zero-order chi connectivity index (χ0) is 24.8. The van der Waals surface area contributed by atoms with Gasteiger partial charge in [-0.2, -0.15) is 5.06 Å². The van der Waals surface area contributed by atoms with Crippen LogP contribution in [0.3, 0.4) is 0 Å². The number of hydrogen-bond acceptors (Lipinski definition) is 6. The van der Waals surface area contributed by atoms with Gasteiger partial charge in [-0.15, -0.1) is 0 Å². The Hall–Kier alpha value is -2.38. The third-order valence-electron chi connectivity index (χ3n) is 6.31. The van der Waals surface area contributed by atoms with E-state index in [1.807, 2.05) is 36.4 Å². The van der Waals surface area contributed by atoms with E-state index < -0.39 is 0 Å². The van der Waals surface area contributed by atoms with Crippen LogP contribution in [0.4, 0.5) is 0 Å². The van der Waals surface area contributed by atoms with Crippen LogP contribution in [0.25, 0.3) is 0 Å². The Kier molecular flexibility index (Phi) is 12.7. The number of hydroxylamine groups is 2. The molecule has 7 nitrogen and oxygen atoms in total. The zero-order valence-corrected chi connectivity index (χ0v) is 21.5. The van der Waals surface area contributed by atoms with Crippen molar-refractivity contribution in [3.05, 3.63) is 48.0 Å². The Balaban J connectivity index is 1.69. The molecule has 1 aliphatic heterocycles. The number of nitrogens with one attached hydrogen (secondary N) is 1. The quantitative estimate of drug-likeness (QED) is 0.335. The molecule has 3 N–H and O–H groups in total. The molecule has 0 bridgehead atoms. The molecular weight excluding hydrogens is 426 g/mol. The van der Waals surface area contributed by atoms with Crippen LogP contribution < -0.4 is 11.1 Å². The van der Waals surface area contributed by atoms with Gasteiger partial charge >= 0.3 is 0 Å². The van der Waals surface area contributed by atoms with Gasteiger partial charge in [0.2, 0.25) is 5.91 Å². The molecule has 190 valence electrons. The number of nitrogens with zero attached hydrogens (tertiary/aromatic N) is 3. The van der Waals surface area contributed by atoms with Crippen LogP contribution in [-0.2, 0) is 9.63 Å². The summed E-state index contributed by atoms with van der Waals surface area (Å²) in [7, 11) is 2.03. The Morgan fingerprint density at radius 3 is 2.62 bits per heavy atom. The normalized spacial score (nSPS) is 21.0. The Bertz CT molecular complexity index is 784. The molecule has 7 heteroatoms. The molecule has 1 amide bonds. The number of hydrogen-bond donors (Lipinski definition) is 2. The highest BCUT2D eigenvalue weighted by atomic mass is 16.7. The molecule has 0 aromatic rings. The van der Waals surface area contributed by atoms with Gasteiger partial charge in [0.25, 0.3) is 0 Å². The van der Waals surface area contributed by atoms with Crippen molar-refractivity contribution in [3.63, 3.8) is 0 Å². The molecule has 2 rings (SSSR count). The van der Waals surface area contributed by atoms with Gasteiger partial charge in [-0.25, -0.2) is 4.99 Å². The summed E-state index contributed by atoms with van der Waals surface area (Å²) in [5.41, 5.74) is 8.95. The van der Waals surface area contributed by atoms with Gasteiger partial charge in [0.05, 0.1) is 24.6 Å². The van der Waals surface area contributed by atoms with Crippen molar-refractivity contribution in [1.29, 1.82) is 0 Å². The molecule has 1 fully saturated rings. The van der Waals surface area contributed by atoms with E-state index >= 15 is 0 Å². The second-order valence-corrected chi connectivity index (χ2v) is 9.06. The summed E-state index contributed by atoms with van der Waals surface area (Å²) >= 11 is 0. The number of carbonyl (C=O) groups is 1. The van der Waals surface area contributed by atoms with Crippen molar-refractivity contribution in [2.24, 2.45) is 10.7 Å². The lowest BCUT2D eigenvalue weighted by atomic mass is 10.1. The van der Waals surface area contributed by atoms with Gasteiger partial charge < -0.3 is 16.0 Å². The van der Waals surface area contributed by atoms with E-state index in [0.717, 1.165) is 49.1 Å². The molecule has 2 aliphatic rings. The van der Waals surface area contributed by atoms with Gasteiger partial charge in [-0.3, -0.25) is 9.63 Å². The SMILES string of the molecule is C=C1C=CC=CC1=N/C(N)=C1\CN(OCCCCNC(=O)CCCCCCCC)C(CC)N1C. The predicted octanol–water partition coefficient (Wildman–Crippen LogP) is 4.80. The van der Waals surface area contributed by atoms with Gasteiger partial charge in [0, 0.05) is 20.0 Å². The van der Waals surface area contributed by atoms with Crippen molar-refractivity contribution in [3.8, 4) is 0 Å². The zero-order valence-electron chi connectivity index (χ0n) is 21.5. The molecular formula is C27H45N5O2. The first-order valence-electron chi connectivity index (χ1n) is 13.0.